The highest BCUT2D eigenvalue weighted by Crippen LogP contribution is 2.30. The Morgan fingerprint density at radius 3 is 2.89 bits per heavy atom. The van der Waals surface area contributed by atoms with Gasteiger partial charge in [0, 0.05) is 16.6 Å². The molecule has 0 spiro atoms. The number of benzene rings is 2. The van der Waals surface area contributed by atoms with E-state index in [9.17, 15) is 4.79 Å². The molecular formula is C21H19ClN4O2. The second-order valence-corrected chi connectivity index (χ2v) is 7.39. The summed E-state index contributed by atoms with van der Waals surface area (Å²) in [6.07, 6.45) is 1.77. The molecule has 4 rings (SSSR count). The van der Waals surface area contributed by atoms with Crippen molar-refractivity contribution in [2.45, 2.75) is 18.8 Å². The van der Waals surface area contributed by atoms with E-state index < -0.39 is 0 Å². The van der Waals surface area contributed by atoms with Gasteiger partial charge in [-0.3, -0.25) is 9.69 Å². The summed E-state index contributed by atoms with van der Waals surface area (Å²) in [4.78, 5) is 19.0. The number of piperidine rings is 1. The number of amides is 1. The number of halogens is 1. The number of anilines is 1. The monoisotopic (exact) mass is 394 g/mol. The van der Waals surface area contributed by atoms with Crippen molar-refractivity contribution in [2.24, 2.45) is 0 Å². The highest BCUT2D eigenvalue weighted by Gasteiger charge is 2.25. The molecule has 0 aliphatic carbocycles. The number of nitrogens with one attached hydrogen (secondary N) is 1. The predicted molar refractivity (Wildman–Crippen MR) is 107 cm³/mol. The molecule has 2 heterocycles. The van der Waals surface area contributed by atoms with Gasteiger partial charge in [0.1, 0.15) is 5.52 Å². The van der Waals surface area contributed by atoms with Crippen LogP contribution in [0, 0.1) is 11.3 Å². The van der Waals surface area contributed by atoms with Gasteiger partial charge in [-0.05, 0) is 62.3 Å². The molecule has 0 unspecified atom stereocenters. The largest absolute Gasteiger partial charge is 0.440 e. The average Bonchev–Trinajstić information content (AvgIpc) is 3.11. The topological polar surface area (TPSA) is 82.2 Å². The smallest absolute Gasteiger partial charge is 0.238 e. The first-order valence-electron chi connectivity index (χ1n) is 9.19. The third-order valence-corrected chi connectivity index (χ3v) is 5.18. The van der Waals surface area contributed by atoms with Gasteiger partial charge in [0.15, 0.2) is 11.5 Å². The molecule has 1 fully saturated rings. The van der Waals surface area contributed by atoms with Crippen LogP contribution in [0.3, 0.4) is 0 Å². The quantitative estimate of drug-likeness (QED) is 0.718. The van der Waals surface area contributed by atoms with Gasteiger partial charge in [-0.2, -0.15) is 5.26 Å². The van der Waals surface area contributed by atoms with E-state index in [1.54, 1.807) is 30.3 Å². The maximum atomic E-state index is 12.3. The number of carbonyl (C=O) groups is 1. The van der Waals surface area contributed by atoms with Gasteiger partial charge < -0.3 is 9.73 Å². The van der Waals surface area contributed by atoms with E-state index >= 15 is 0 Å². The van der Waals surface area contributed by atoms with Gasteiger partial charge in [0.25, 0.3) is 0 Å². The van der Waals surface area contributed by atoms with E-state index in [0.29, 0.717) is 22.8 Å². The lowest BCUT2D eigenvalue weighted by Gasteiger charge is -2.29. The molecule has 7 heteroatoms. The summed E-state index contributed by atoms with van der Waals surface area (Å²) in [6, 6.07) is 14.4. The van der Waals surface area contributed by atoms with Crippen molar-refractivity contribution >= 4 is 34.3 Å². The van der Waals surface area contributed by atoms with Gasteiger partial charge in [0.2, 0.25) is 5.91 Å². The zero-order valence-corrected chi connectivity index (χ0v) is 15.9. The van der Waals surface area contributed by atoms with Gasteiger partial charge in [-0.25, -0.2) is 4.98 Å². The molecule has 0 atom stereocenters. The van der Waals surface area contributed by atoms with Gasteiger partial charge in [-0.15, -0.1) is 0 Å². The summed E-state index contributed by atoms with van der Waals surface area (Å²) in [7, 11) is 0. The second kappa shape index (κ2) is 8.01. The molecule has 0 bridgehead atoms. The Morgan fingerprint density at radius 2 is 2.11 bits per heavy atom. The molecule has 28 heavy (non-hydrogen) atoms. The SMILES string of the molecule is N#Cc1cccc(NC(=O)CN2CCC(c3nc4cc(Cl)ccc4o3)CC2)c1. The Balaban J connectivity index is 1.32. The van der Waals surface area contributed by atoms with E-state index in [-0.39, 0.29) is 11.8 Å². The highest BCUT2D eigenvalue weighted by molar-refractivity contribution is 6.31. The zero-order valence-electron chi connectivity index (χ0n) is 15.2. The molecule has 1 aliphatic rings. The van der Waals surface area contributed by atoms with Crippen LogP contribution in [0.15, 0.2) is 46.9 Å². The summed E-state index contributed by atoms with van der Waals surface area (Å²) < 4.78 is 5.89. The number of nitriles is 1. The number of rotatable bonds is 4. The Hall–Kier alpha value is -2.88. The minimum atomic E-state index is -0.0787. The summed E-state index contributed by atoms with van der Waals surface area (Å²) in [5.41, 5.74) is 2.70. The third-order valence-electron chi connectivity index (χ3n) is 4.95. The van der Waals surface area contributed by atoms with E-state index in [0.717, 1.165) is 42.9 Å². The van der Waals surface area contributed by atoms with Crippen molar-refractivity contribution in [3.8, 4) is 6.07 Å². The van der Waals surface area contributed by atoms with Crippen LogP contribution in [0.4, 0.5) is 5.69 Å². The fourth-order valence-electron chi connectivity index (χ4n) is 3.50. The molecule has 1 saturated heterocycles. The third kappa shape index (κ3) is 4.16. The molecule has 1 amide bonds. The Labute approximate surface area is 167 Å². The summed E-state index contributed by atoms with van der Waals surface area (Å²) in [6.45, 7) is 1.93. The zero-order chi connectivity index (χ0) is 19.5. The summed E-state index contributed by atoms with van der Waals surface area (Å²) in [5.74, 6) is 0.914. The Bertz CT molecular complexity index is 1050. The number of hydrogen-bond donors (Lipinski definition) is 1. The molecular weight excluding hydrogens is 376 g/mol. The predicted octanol–water partition coefficient (Wildman–Crippen LogP) is 4.17. The van der Waals surface area contributed by atoms with Gasteiger partial charge >= 0.3 is 0 Å². The van der Waals surface area contributed by atoms with E-state index in [1.807, 2.05) is 12.1 Å². The number of oxazole rings is 1. The maximum absolute atomic E-state index is 12.3. The minimum absolute atomic E-state index is 0.0787. The van der Waals surface area contributed by atoms with Crippen LogP contribution < -0.4 is 5.32 Å². The molecule has 1 N–H and O–H groups in total. The highest BCUT2D eigenvalue weighted by atomic mass is 35.5. The fourth-order valence-corrected chi connectivity index (χ4v) is 3.67. The Morgan fingerprint density at radius 1 is 1.29 bits per heavy atom. The van der Waals surface area contributed by atoms with Crippen molar-refractivity contribution in [3.63, 3.8) is 0 Å². The fraction of sp³-hybridized carbons (Fsp3) is 0.286. The lowest BCUT2D eigenvalue weighted by molar-refractivity contribution is -0.117. The number of hydrogen-bond acceptors (Lipinski definition) is 5. The normalized spacial score (nSPS) is 15.4. The van der Waals surface area contributed by atoms with E-state index in [1.165, 1.54) is 0 Å². The summed E-state index contributed by atoms with van der Waals surface area (Å²) in [5, 5.41) is 12.4. The van der Waals surface area contributed by atoms with Crippen molar-refractivity contribution in [3.05, 3.63) is 58.9 Å². The van der Waals surface area contributed by atoms with Crippen LogP contribution in [-0.4, -0.2) is 35.4 Å². The number of fused-ring (bicyclic) bond motifs is 1. The van der Waals surface area contributed by atoms with E-state index in [2.05, 4.69) is 21.3 Å². The van der Waals surface area contributed by atoms with Gasteiger partial charge in [0.05, 0.1) is 18.2 Å². The minimum Gasteiger partial charge on any atom is -0.440 e. The van der Waals surface area contributed by atoms with Crippen LogP contribution in [0.5, 0.6) is 0 Å². The van der Waals surface area contributed by atoms with Crippen LogP contribution in [0.2, 0.25) is 5.02 Å². The molecule has 1 aromatic heterocycles. The molecule has 0 saturated carbocycles. The summed E-state index contributed by atoms with van der Waals surface area (Å²) >= 11 is 6.01. The van der Waals surface area contributed by atoms with Crippen molar-refractivity contribution < 1.29 is 9.21 Å². The van der Waals surface area contributed by atoms with Crippen molar-refractivity contribution in [2.75, 3.05) is 25.0 Å². The number of carbonyl (C=O) groups excluding carboxylic acids is 1. The van der Waals surface area contributed by atoms with Crippen LogP contribution >= 0.6 is 11.6 Å². The first-order valence-corrected chi connectivity index (χ1v) is 9.57. The molecule has 2 aromatic carbocycles. The lowest BCUT2D eigenvalue weighted by Crippen LogP contribution is -2.38. The standard InChI is InChI=1S/C21H19ClN4O2/c22-16-4-5-19-18(11-16)25-21(28-19)15-6-8-26(9-7-15)13-20(27)24-17-3-1-2-14(10-17)12-23/h1-5,10-11,15H,6-9,13H2,(H,24,27). The number of likely N-dealkylation sites (tertiary alicyclic amines) is 1. The average molecular weight is 395 g/mol. The molecule has 6 nitrogen and oxygen atoms in total. The second-order valence-electron chi connectivity index (χ2n) is 6.96. The first kappa shape index (κ1) is 18.5. The van der Waals surface area contributed by atoms with Crippen LogP contribution in [0.1, 0.15) is 30.2 Å². The van der Waals surface area contributed by atoms with Crippen LogP contribution in [-0.2, 0) is 4.79 Å². The maximum Gasteiger partial charge on any atom is 0.238 e. The lowest BCUT2D eigenvalue weighted by atomic mass is 9.97. The number of nitrogens with zero attached hydrogens (tertiary/aromatic N) is 3. The Kier molecular flexibility index (Phi) is 5.29. The molecule has 3 aromatic rings. The molecule has 0 radical (unpaired) electrons. The van der Waals surface area contributed by atoms with Gasteiger partial charge in [-0.1, -0.05) is 17.7 Å². The molecule has 142 valence electrons. The molecule has 1 aliphatic heterocycles. The van der Waals surface area contributed by atoms with Crippen molar-refractivity contribution in [1.82, 2.24) is 9.88 Å². The van der Waals surface area contributed by atoms with Crippen molar-refractivity contribution in [1.29, 1.82) is 5.26 Å². The van der Waals surface area contributed by atoms with E-state index in [4.69, 9.17) is 21.3 Å². The van der Waals surface area contributed by atoms with Crippen LogP contribution in [0.25, 0.3) is 11.1 Å². The first-order chi connectivity index (χ1) is 13.6. The number of aromatic nitrogens is 1.